The van der Waals surface area contributed by atoms with Crippen LogP contribution in [0.4, 0.5) is 11.4 Å². The van der Waals surface area contributed by atoms with Crippen molar-refractivity contribution in [1.82, 2.24) is 10.3 Å². The zero-order valence-electron chi connectivity index (χ0n) is 15.5. The number of nitrogens with one attached hydrogen (secondary N) is 2. The predicted octanol–water partition coefficient (Wildman–Crippen LogP) is 4.59. The Morgan fingerprint density at radius 3 is 2.61 bits per heavy atom. The monoisotopic (exact) mass is 408 g/mol. The maximum absolute atomic E-state index is 11.3. The van der Waals surface area contributed by atoms with E-state index in [1.165, 1.54) is 17.4 Å². The number of thiocarbonyl (C=S) groups is 1. The molecule has 0 bridgehead atoms. The number of carbonyl (C=O) groups excluding carboxylic acids is 1. The molecule has 2 aromatic heterocycles. The third kappa shape index (κ3) is 3.50. The lowest BCUT2D eigenvalue weighted by atomic mass is 10.0. The molecular formula is C21H20N4OS2. The van der Waals surface area contributed by atoms with Crippen molar-refractivity contribution in [2.45, 2.75) is 25.9 Å². The van der Waals surface area contributed by atoms with E-state index < -0.39 is 0 Å². The number of aromatic nitrogens is 1. The van der Waals surface area contributed by atoms with Gasteiger partial charge in [-0.1, -0.05) is 6.07 Å². The molecule has 7 heteroatoms. The lowest BCUT2D eigenvalue weighted by molar-refractivity contribution is -0.114. The maximum Gasteiger partial charge on any atom is 0.221 e. The van der Waals surface area contributed by atoms with Crippen molar-refractivity contribution < 1.29 is 4.79 Å². The third-order valence-electron chi connectivity index (χ3n) is 4.73. The fourth-order valence-corrected chi connectivity index (χ4v) is 4.89. The summed E-state index contributed by atoms with van der Waals surface area (Å²) < 4.78 is 0. The van der Waals surface area contributed by atoms with E-state index in [-0.39, 0.29) is 18.0 Å². The van der Waals surface area contributed by atoms with Crippen molar-refractivity contribution in [3.05, 3.63) is 76.2 Å². The van der Waals surface area contributed by atoms with Gasteiger partial charge in [-0.15, -0.1) is 11.3 Å². The number of hydrogen-bond acceptors (Lipinski definition) is 4. The van der Waals surface area contributed by atoms with E-state index >= 15 is 0 Å². The Morgan fingerprint density at radius 1 is 1.21 bits per heavy atom. The molecule has 1 amide bonds. The summed E-state index contributed by atoms with van der Waals surface area (Å²) in [7, 11) is 0. The number of carbonyl (C=O) groups is 1. The first-order valence-corrected chi connectivity index (χ1v) is 10.3. The van der Waals surface area contributed by atoms with Crippen LogP contribution in [0.25, 0.3) is 0 Å². The molecule has 0 spiro atoms. The predicted molar refractivity (Wildman–Crippen MR) is 118 cm³/mol. The average Bonchev–Trinajstić information content (AvgIpc) is 3.25. The molecule has 0 unspecified atom stereocenters. The summed E-state index contributed by atoms with van der Waals surface area (Å²) in [6.07, 6.45) is 1.81. The summed E-state index contributed by atoms with van der Waals surface area (Å²) in [5.74, 6) is -0.0894. The van der Waals surface area contributed by atoms with Crippen LogP contribution in [0.15, 0.2) is 60.1 Å². The highest BCUT2D eigenvalue weighted by molar-refractivity contribution is 7.80. The molecule has 5 nitrogen and oxygen atoms in total. The van der Waals surface area contributed by atoms with Gasteiger partial charge in [-0.25, -0.2) is 0 Å². The second-order valence-electron chi connectivity index (χ2n) is 6.69. The van der Waals surface area contributed by atoms with Gasteiger partial charge in [0, 0.05) is 29.4 Å². The number of aryl methyl sites for hydroxylation is 1. The molecule has 1 fully saturated rings. The van der Waals surface area contributed by atoms with Crippen LogP contribution in [0.2, 0.25) is 0 Å². The Balaban J connectivity index is 1.75. The number of rotatable bonds is 4. The molecule has 0 aliphatic carbocycles. The van der Waals surface area contributed by atoms with Crippen LogP contribution >= 0.6 is 23.6 Å². The number of thiophene rings is 1. The summed E-state index contributed by atoms with van der Waals surface area (Å²) in [5, 5.41) is 9.04. The molecular weight excluding hydrogens is 388 g/mol. The standard InChI is InChI=1S/C21H20N4OS2/c1-13-10-12-28-20(13)19-18(17-5-3-4-11-22-17)24-21(27)25(19)16-8-6-15(7-9-16)23-14(2)26/h3-12,18-19H,1-2H3,(H,23,26)(H,24,27)/t18-,19+/m1/s1. The quantitative estimate of drug-likeness (QED) is 0.619. The van der Waals surface area contributed by atoms with E-state index in [9.17, 15) is 4.79 Å². The van der Waals surface area contributed by atoms with E-state index in [1.54, 1.807) is 11.3 Å². The Bertz CT molecular complexity index is 1000. The second-order valence-corrected chi connectivity index (χ2v) is 8.03. The zero-order valence-corrected chi connectivity index (χ0v) is 17.2. The molecule has 142 valence electrons. The maximum atomic E-state index is 11.3. The van der Waals surface area contributed by atoms with E-state index in [0.717, 1.165) is 17.1 Å². The van der Waals surface area contributed by atoms with Gasteiger partial charge in [0.2, 0.25) is 5.91 Å². The minimum absolute atomic E-state index is 0.00835. The molecule has 0 saturated carbocycles. The van der Waals surface area contributed by atoms with E-state index in [4.69, 9.17) is 12.2 Å². The highest BCUT2D eigenvalue weighted by atomic mass is 32.1. The second kappa shape index (κ2) is 7.69. The molecule has 1 aromatic carbocycles. The minimum Gasteiger partial charge on any atom is -0.351 e. The van der Waals surface area contributed by atoms with Gasteiger partial charge < -0.3 is 15.5 Å². The van der Waals surface area contributed by atoms with Crippen molar-refractivity contribution in [2.24, 2.45) is 0 Å². The van der Waals surface area contributed by atoms with E-state index in [2.05, 4.69) is 38.9 Å². The first-order chi connectivity index (χ1) is 13.5. The highest BCUT2D eigenvalue weighted by Gasteiger charge is 2.41. The highest BCUT2D eigenvalue weighted by Crippen LogP contribution is 2.44. The van der Waals surface area contributed by atoms with Crippen LogP contribution in [-0.4, -0.2) is 16.0 Å². The molecule has 3 heterocycles. The van der Waals surface area contributed by atoms with Crippen molar-refractivity contribution >= 4 is 45.9 Å². The molecule has 1 saturated heterocycles. The molecule has 1 aliphatic heterocycles. The number of hydrogen-bond donors (Lipinski definition) is 2. The van der Waals surface area contributed by atoms with E-state index in [1.807, 2.05) is 48.7 Å². The molecule has 3 aromatic rings. The fraction of sp³-hybridized carbons (Fsp3) is 0.190. The molecule has 1 aliphatic rings. The minimum atomic E-state index is -0.0894. The third-order valence-corrected chi connectivity index (χ3v) is 6.14. The van der Waals surface area contributed by atoms with Crippen molar-refractivity contribution in [3.8, 4) is 0 Å². The van der Waals surface area contributed by atoms with Gasteiger partial charge in [-0.05, 0) is 72.5 Å². The lowest BCUT2D eigenvalue weighted by Crippen LogP contribution is -2.29. The summed E-state index contributed by atoms with van der Waals surface area (Å²) in [6.45, 7) is 3.63. The van der Waals surface area contributed by atoms with Crippen LogP contribution in [-0.2, 0) is 4.79 Å². The topological polar surface area (TPSA) is 57.3 Å². The van der Waals surface area contributed by atoms with Crippen LogP contribution < -0.4 is 15.5 Å². The van der Waals surface area contributed by atoms with Crippen LogP contribution in [0, 0.1) is 6.92 Å². The molecule has 28 heavy (non-hydrogen) atoms. The van der Waals surface area contributed by atoms with Crippen LogP contribution in [0.3, 0.4) is 0 Å². The van der Waals surface area contributed by atoms with Crippen molar-refractivity contribution in [2.75, 3.05) is 10.2 Å². The number of pyridine rings is 1. The summed E-state index contributed by atoms with van der Waals surface area (Å²) in [4.78, 5) is 19.3. The summed E-state index contributed by atoms with van der Waals surface area (Å²) in [5.41, 5.74) is 3.93. The largest absolute Gasteiger partial charge is 0.351 e. The number of nitrogens with zero attached hydrogens (tertiary/aromatic N) is 2. The zero-order chi connectivity index (χ0) is 19.7. The Morgan fingerprint density at radius 2 is 2.00 bits per heavy atom. The molecule has 2 N–H and O–H groups in total. The average molecular weight is 409 g/mol. The Hall–Kier alpha value is -2.77. The first kappa shape index (κ1) is 18.6. The van der Waals surface area contributed by atoms with Gasteiger partial charge in [0.05, 0.1) is 17.8 Å². The smallest absolute Gasteiger partial charge is 0.221 e. The van der Waals surface area contributed by atoms with Gasteiger partial charge >= 0.3 is 0 Å². The van der Waals surface area contributed by atoms with Gasteiger partial charge in [-0.3, -0.25) is 9.78 Å². The summed E-state index contributed by atoms with van der Waals surface area (Å²) in [6, 6.07) is 15.8. The molecule has 0 radical (unpaired) electrons. The number of anilines is 2. The molecule has 2 atom stereocenters. The Kier molecular flexibility index (Phi) is 5.11. The van der Waals surface area contributed by atoms with Gasteiger partial charge in [0.25, 0.3) is 0 Å². The molecule has 4 rings (SSSR count). The van der Waals surface area contributed by atoms with Crippen molar-refractivity contribution in [1.29, 1.82) is 0 Å². The SMILES string of the molecule is CC(=O)Nc1ccc(N2C(=S)N[C@H](c3ccccn3)[C@H]2c2sccc2C)cc1. The summed E-state index contributed by atoms with van der Waals surface area (Å²) >= 11 is 7.45. The fourth-order valence-electron chi connectivity index (χ4n) is 3.50. The van der Waals surface area contributed by atoms with Gasteiger partial charge in [0.15, 0.2) is 5.11 Å². The Labute approximate surface area is 173 Å². The lowest BCUT2D eigenvalue weighted by Gasteiger charge is -2.27. The number of benzene rings is 1. The van der Waals surface area contributed by atoms with Crippen LogP contribution in [0.5, 0.6) is 0 Å². The van der Waals surface area contributed by atoms with Gasteiger partial charge in [-0.2, -0.15) is 0 Å². The van der Waals surface area contributed by atoms with E-state index in [0.29, 0.717) is 5.11 Å². The van der Waals surface area contributed by atoms with Gasteiger partial charge in [0.1, 0.15) is 0 Å². The first-order valence-electron chi connectivity index (χ1n) is 8.97. The van der Waals surface area contributed by atoms with Crippen LogP contribution in [0.1, 0.15) is 35.1 Å². The normalized spacial score (nSPS) is 18.8. The number of amides is 1. The van der Waals surface area contributed by atoms with Crippen molar-refractivity contribution in [3.63, 3.8) is 0 Å².